The van der Waals surface area contributed by atoms with E-state index in [1.165, 1.54) is 5.57 Å². The van der Waals surface area contributed by atoms with E-state index in [-0.39, 0.29) is 6.61 Å². The Morgan fingerprint density at radius 3 is 2.86 bits per heavy atom. The molecular weight excluding hydrogens is 260 g/mol. The third-order valence-electron chi connectivity index (χ3n) is 3.85. The molecule has 0 aromatic carbocycles. The van der Waals surface area contributed by atoms with Crippen LogP contribution in [-0.4, -0.2) is 37.6 Å². The van der Waals surface area contributed by atoms with Crippen molar-refractivity contribution in [2.24, 2.45) is 16.8 Å². The van der Waals surface area contributed by atoms with Crippen LogP contribution in [0.4, 0.5) is 0 Å². The standard InChI is InChI=1S/C18H30N2O/c1-5-20-18(13-21)17(12-19-4)10-9-15-7-6-8-16(11-15)14(2)3/h6-7,10-11,14,16,19,21H,5,8-9,12-13H2,1-4H3/b17-10-,20-18?. The summed E-state index contributed by atoms with van der Waals surface area (Å²) in [6.45, 7) is 7.99. The van der Waals surface area contributed by atoms with Gasteiger partial charge in [0.05, 0.1) is 12.3 Å². The van der Waals surface area contributed by atoms with Gasteiger partial charge in [-0.3, -0.25) is 4.99 Å². The summed E-state index contributed by atoms with van der Waals surface area (Å²) in [5.74, 6) is 1.33. The highest BCUT2D eigenvalue weighted by atomic mass is 16.3. The van der Waals surface area contributed by atoms with Gasteiger partial charge in [-0.2, -0.15) is 0 Å². The molecular formula is C18H30N2O. The first-order valence-electron chi connectivity index (χ1n) is 7.97. The fraction of sp³-hybridized carbons (Fsp3) is 0.611. The number of aliphatic imine (C=N–C) groups is 1. The number of likely N-dealkylation sites (N-methyl/N-ethyl adjacent to an activating group) is 1. The monoisotopic (exact) mass is 290 g/mol. The average molecular weight is 290 g/mol. The van der Waals surface area contributed by atoms with Gasteiger partial charge in [-0.05, 0) is 49.8 Å². The molecule has 1 aliphatic carbocycles. The van der Waals surface area contributed by atoms with Crippen molar-refractivity contribution >= 4 is 5.71 Å². The summed E-state index contributed by atoms with van der Waals surface area (Å²) in [5.41, 5.74) is 3.26. The molecule has 2 N–H and O–H groups in total. The summed E-state index contributed by atoms with van der Waals surface area (Å²) in [6, 6.07) is 0. The quantitative estimate of drug-likeness (QED) is 0.675. The molecule has 21 heavy (non-hydrogen) atoms. The predicted molar refractivity (Wildman–Crippen MR) is 91.9 cm³/mol. The van der Waals surface area contributed by atoms with Crippen LogP contribution in [0.25, 0.3) is 0 Å². The molecule has 0 fully saturated rings. The average Bonchev–Trinajstić information content (AvgIpc) is 2.49. The van der Waals surface area contributed by atoms with Gasteiger partial charge in [-0.15, -0.1) is 0 Å². The van der Waals surface area contributed by atoms with E-state index < -0.39 is 0 Å². The SMILES string of the molecule is CCN=C(CO)/C(=C\CC1=CC(C(C)C)CC=C1)CNC. The van der Waals surface area contributed by atoms with Gasteiger partial charge in [0.2, 0.25) is 0 Å². The van der Waals surface area contributed by atoms with Crippen LogP contribution >= 0.6 is 0 Å². The zero-order chi connectivity index (χ0) is 15.7. The number of nitrogens with zero attached hydrogens (tertiary/aromatic N) is 1. The Hall–Kier alpha value is -1.19. The predicted octanol–water partition coefficient (Wildman–Crippen LogP) is 3.13. The molecule has 0 aromatic heterocycles. The van der Waals surface area contributed by atoms with Gasteiger partial charge in [-0.25, -0.2) is 0 Å². The van der Waals surface area contributed by atoms with Crippen LogP contribution in [0.1, 0.15) is 33.6 Å². The van der Waals surface area contributed by atoms with E-state index in [1.54, 1.807) is 0 Å². The van der Waals surface area contributed by atoms with Crippen LogP contribution < -0.4 is 5.32 Å². The summed E-state index contributed by atoms with van der Waals surface area (Å²) in [7, 11) is 1.92. The molecule has 0 saturated heterocycles. The molecule has 3 nitrogen and oxygen atoms in total. The van der Waals surface area contributed by atoms with E-state index in [2.05, 4.69) is 48.5 Å². The molecule has 0 amide bonds. The number of allylic oxidation sites excluding steroid dienone is 5. The minimum Gasteiger partial charge on any atom is -0.390 e. The fourth-order valence-corrected chi connectivity index (χ4v) is 2.54. The summed E-state index contributed by atoms with van der Waals surface area (Å²) in [5, 5.41) is 12.6. The topological polar surface area (TPSA) is 44.6 Å². The third-order valence-corrected chi connectivity index (χ3v) is 3.85. The molecule has 0 radical (unpaired) electrons. The lowest BCUT2D eigenvalue weighted by molar-refractivity contribution is 0.357. The first kappa shape index (κ1) is 17.9. The number of aliphatic hydroxyl groups is 1. The van der Waals surface area contributed by atoms with Crippen LogP contribution in [-0.2, 0) is 0 Å². The van der Waals surface area contributed by atoms with Gasteiger partial charge in [0, 0.05) is 13.1 Å². The highest BCUT2D eigenvalue weighted by molar-refractivity contribution is 6.01. The molecule has 1 atom stereocenters. The van der Waals surface area contributed by atoms with Crippen molar-refractivity contribution < 1.29 is 5.11 Å². The smallest absolute Gasteiger partial charge is 0.0851 e. The molecule has 1 aliphatic rings. The van der Waals surface area contributed by atoms with Crippen molar-refractivity contribution in [2.75, 3.05) is 26.7 Å². The summed E-state index contributed by atoms with van der Waals surface area (Å²) >= 11 is 0. The van der Waals surface area contributed by atoms with Gasteiger partial charge in [-0.1, -0.05) is 38.2 Å². The zero-order valence-corrected chi connectivity index (χ0v) is 13.9. The number of nitrogens with one attached hydrogen (secondary N) is 1. The number of aliphatic hydroxyl groups excluding tert-OH is 1. The minimum absolute atomic E-state index is 0.00482. The van der Waals surface area contributed by atoms with E-state index >= 15 is 0 Å². The molecule has 1 rings (SSSR count). The minimum atomic E-state index is 0.00482. The zero-order valence-electron chi connectivity index (χ0n) is 13.9. The highest BCUT2D eigenvalue weighted by Crippen LogP contribution is 2.25. The van der Waals surface area contributed by atoms with Crippen LogP contribution in [0.15, 0.2) is 40.4 Å². The van der Waals surface area contributed by atoms with E-state index in [9.17, 15) is 5.11 Å². The molecule has 0 heterocycles. The van der Waals surface area contributed by atoms with Crippen molar-refractivity contribution in [3.63, 3.8) is 0 Å². The highest BCUT2D eigenvalue weighted by Gasteiger charge is 2.13. The molecule has 0 aliphatic heterocycles. The van der Waals surface area contributed by atoms with Crippen LogP contribution in [0.2, 0.25) is 0 Å². The number of hydrogen-bond acceptors (Lipinski definition) is 3. The van der Waals surface area contributed by atoms with Gasteiger partial charge >= 0.3 is 0 Å². The van der Waals surface area contributed by atoms with Crippen molar-refractivity contribution in [3.05, 3.63) is 35.5 Å². The first-order valence-corrected chi connectivity index (χ1v) is 7.97. The maximum atomic E-state index is 9.48. The maximum absolute atomic E-state index is 9.48. The first-order chi connectivity index (χ1) is 10.1. The Morgan fingerprint density at radius 1 is 1.52 bits per heavy atom. The van der Waals surface area contributed by atoms with E-state index in [4.69, 9.17) is 0 Å². The van der Waals surface area contributed by atoms with Crippen molar-refractivity contribution in [1.29, 1.82) is 0 Å². The molecule has 0 bridgehead atoms. The second-order valence-electron chi connectivity index (χ2n) is 5.83. The van der Waals surface area contributed by atoms with E-state index in [0.29, 0.717) is 18.4 Å². The lowest BCUT2D eigenvalue weighted by Crippen LogP contribution is -2.20. The van der Waals surface area contributed by atoms with Gasteiger partial charge < -0.3 is 10.4 Å². The van der Waals surface area contributed by atoms with Gasteiger partial charge in [0.15, 0.2) is 0 Å². The van der Waals surface area contributed by atoms with Crippen LogP contribution in [0, 0.1) is 11.8 Å². The third kappa shape index (κ3) is 5.98. The molecule has 1 unspecified atom stereocenters. The fourth-order valence-electron chi connectivity index (χ4n) is 2.54. The maximum Gasteiger partial charge on any atom is 0.0851 e. The van der Waals surface area contributed by atoms with Crippen molar-refractivity contribution in [2.45, 2.75) is 33.6 Å². The van der Waals surface area contributed by atoms with E-state index in [0.717, 1.165) is 30.7 Å². The van der Waals surface area contributed by atoms with Crippen molar-refractivity contribution in [3.8, 4) is 0 Å². The Labute approximate surface area is 129 Å². The molecule has 0 aromatic rings. The Bertz CT molecular complexity index is 430. The number of hydrogen-bond donors (Lipinski definition) is 2. The van der Waals surface area contributed by atoms with Crippen LogP contribution in [0.5, 0.6) is 0 Å². The van der Waals surface area contributed by atoms with Crippen molar-refractivity contribution in [1.82, 2.24) is 5.32 Å². The Balaban J connectivity index is 2.82. The molecule has 3 heteroatoms. The second-order valence-corrected chi connectivity index (χ2v) is 5.83. The lowest BCUT2D eigenvalue weighted by atomic mass is 9.86. The number of rotatable bonds is 8. The van der Waals surface area contributed by atoms with Gasteiger partial charge in [0.25, 0.3) is 0 Å². The van der Waals surface area contributed by atoms with Gasteiger partial charge in [0.1, 0.15) is 0 Å². The molecule has 0 saturated carbocycles. The summed E-state index contributed by atoms with van der Waals surface area (Å²) < 4.78 is 0. The lowest BCUT2D eigenvalue weighted by Gasteiger charge is -2.20. The van der Waals surface area contributed by atoms with E-state index in [1.807, 2.05) is 14.0 Å². The summed E-state index contributed by atoms with van der Waals surface area (Å²) in [4.78, 5) is 4.39. The summed E-state index contributed by atoms with van der Waals surface area (Å²) in [6.07, 6.45) is 11.1. The second kappa shape index (κ2) is 9.69. The molecule has 118 valence electrons. The van der Waals surface area contributed by atoms with Crippen LogP contribution in [0.3, 0.4) is 0 Å². The molecule has 0 spiro atoms. The largest absolute Gasteiger partial charge is 0.390 e. The normalized spacial score (nSPS) is 20.1. The Kier molecular flexibility index (Phi) is 8.24. The Morgan fingerprint density at radius 2 is 2.29 bits per heavy atom.